The highest BCUT2D eigenvalue weighted by Gasteiger charge is 2.34. The molecule has 1 fully saturated rings. The Balaban J connectivity index is 1.35. The Kier molecular flexibility index (Phi) is 5.38. The zero-order chi connectivity index (χ0) is 16.1. The lowest BCUT2D eigenvalue weighted by Crippen LogP contribution is -2.33. The molecule has 1 atom stereocenters. The third kappa shape index (κ3) is 3.77. The number of carbonyl (C=O) groups is 2. The van der Waals surface area contributed by atoms with Crippen molar-refractivity contribution in [3.05, 3.63) is 35.4 Å². The standard InChI is InChI=1S/C17H21NO5/c19-16-13-5-1-2-6-14(13)17(20)18(16)8-10-21-11-12-23-15-7-3-4-9-22-15/h1-2,5-6,15H,3-4,7-12H2. The number of ether oxygens (including phenoxy) is 3. The molecule has 0 aliphatic carbocycles. The number of fused-ring (bicyclic) bond motifs is 1. The molecule has 1 unspecified atom stereocenters. The van der Waals surface area contributed by atoms with Gasteiger partial charge in [-0.25, -0.2) is 0 Å². The second kappa shape index (κ2) is 7.68. The third-order valence-electron chi connectivity index (χ3n) is 4.01. The van der Waals surface area contributed by atoms with Crippen LogP contribution in [0, 0.1) is 0 Å². The van der Waals surface area contributed by atoms with Crippen LogP contribution in [0.25, 0.3) is 0 Å². The molecule has 1 saturated heterocycles. The molecule has 2 aliphatic heterocycles. The molecule has 2 heterocycles. The molecular formula is C17H21NO5. The summed E-state index contributed by atoms with van der Waals surface area (Å²) in [5.41, 5.74) is 0.936. The largest absolute Gasteiger partial charge is 0.377 e. The number of benzene rings is 1. The molecule has 3 rings (SSSR count). The van der Waals surface area contributed by atoms with Gasteiger partial charge < -0.3 is 14.2 Å². The third-order valence-corrected chi connectivity index (χ3v) is 4.01. The molecule has 6 nitrogen and oxygen atoms in total. The zero-order valence-corrected chi connectivity index (χ0v) is 13.0. The van der Waals surface area contributed by atoms with Crippen LogP contribution < -0.4 is 0 Å². The van der Waals surface area contributed by atoms with E-state index in [4.69, 9.17) is 14.2 Å². The van der Waals surface area contributed by atoms with Crippen molar-refractivity contribution in [3.8, 4) is 0 Å². The molecule has 23 heavy (non-hydrogen) atoms. The minimum absolute atomic E-state index is 0.122. The number of hydrogen-bond acceptors (Lipinski definition) is 5. The van der Waals surface area contributed by atoms with E-state index in [9.17, 15) is 9.59 Å². The minimum atomic E-state index is -0.249. The summed E-state index contributed by atoms with van der Waals surface area (Å²) in [5, 5.41) is 0. The van der Waals surface area contributed by atoms with E-state index in [0.29, 0.717) is 30.9 Å². The van der Waals surface area contributed by atoms with E-state index in [1.54, 1.807) is 24.3 Å². The van der Waals surface area contributed by atoms with Crippen LogP contribution in [0.4, 0.5) is 0 Å². The summed E-state index contributed by atoms with van der Waals surface area (Å²) in [7, 11) is 0. The Morgan fingerprint density at radius 2 is 1.78 bits per heavy atom. The quantitative estimate of drug-likeness (QED) is 0.567. The van der Waals surface area contributed by atoms with Gasteiger partial charge in [0.15, 0.2) is 6.29 Å². The van der Waals surface area contributed by atoms with Crippen molar-refractivity contribution in [2.75, 3.05) is 33.0 Å². The van der Waals surface area contributed by atoms with Crippen LogP contribution in [0.2, 0.25) is 0 Å². The van der Waals surface area contributed by atoms with Crippen LogP contribution in [0.3, 0.4) is 0 Å². The van der Waals surface area contributed by atoms with Crippen LogP contribution in [0.1, 0.15) is 40.0 Å². The highest BCUT2D eigenvalue weighted by molar-refractivity contribution is 6.21. The first kappa shape index (κ1) is 16.1. The first-order valence-corrected chi connectivity index (χ1v) is 8.03. The van der Waals surface area contributed by atoms with Crippen LogP contribution in [0.5, 0.6) is 0 Å². The van der Waals surface area contributed by atoms with Crippen LogP contribution in [0.15, 0.2) is 24.3 Å². The van der Waals surface area contributed by atoms with E-state index >= 15 is 0 Å². The van der Waals surface area contributed by atoms with Crippen LogP contribution >= 0.6 is 0 Å². The number of carbonyl (C=O) groups excluding carboxylic acids is 2. The molecular weight excluding hydrogens is 298 g/mol. The molecule has 0 radical (unpaired) electrons. The number of imide groups is 1. The SMILES string of the molecule is O=C1c2ccccc2C(=O)N1CCOCCOC1CCCCO1. The Hall–Kier alpha value is -1.76. The average Bonchev–Trinajstić information content (AvgIpc) is 2.84. The van der Waals surface area contributed by atoms with Crippen molar-refractivity contribution in [3.63, 3.8) is 0 Å². The van der Waals surface area contributed by atoms with E-state index in [2.05, 4.69) is 0 Å². The predicted molar refractivity (Wildman–Crippen MR) is 82.2 cm³/mol. The van der Waals surface area contributed by atoms with Crippen molar-refractivity contribution < 1.29 is 23.8 Å². The lowest BCUT2D eigenvalue weighted by Gasteiger charge is -2.22. The van der Waals surface area contributed by atoms with Gasteiger partial charge >= 0.3 is 0 Å². The Morgan fingerprint density at radius 1 is 1.04 bits per heavy atom. The molecule has 1 aromatic rings. The fourth-order valence-electron chi connectivity index (χ4n) is 2.78. The summed E-state index contributed by atoms with van der Waals surface area (Å²) in [6, 6.07) is 6.87. The topological polar surface area (TPSA) is 65.1 Å². The lowest BCUT2D eigenvalue weighted by atomic mass is 10.1. The van der Waals surface area contributed by atoms with E-state index in [1.807, 2.05) is 0 Å². The predicted octanol–water partition coefficient (Wildman–Crippen LogP) is 1.84. The van der Waals surface area contributed by atoms with Gasteiger partial charge in [0, 0.05) is 6.61 Å². The maximum absolute atomic E-state index is 12.1. The summed E-state index contributed by atoms with van der Waals surface area (Å²) in [6.07, 6.45) is 3.03. The Bertz CT molecular complexity index is 533. The van der Waals surface area contributed by atoms with Crippen molar-refractivity contribution in [1.82, 2.24) is 4.90 Å². The van der Waals surface area contributed by atoms with E-state index in [0.717, 1.165) is 25.9 Å². The maximum Gasteiger partial charge on any atom is 0.261 e. The second-order valence-electron chi connectivity index (χ2n) is 5.59. The fraction of sp³-hybridized carbons (Fsp3) is 0.529. The maximum atomic E-state index is 12.1. The normalized spacial score (nSPS) is 20.9. The molecule has 0 aromatic heterocycles. The first-order chi connectivity index (χ1) is 11.3. The smallest absolute Gasteiger partial charge is 0.261 e. The van der Waals surface area contributed by atoms with E-state index in [1.165, 1.54) is 4.90 Å². The van der Waals surface area contributed by atoms with Gasteiger partial charge in [-0.05, 0) is 31.4 Å². The van der Waals surface area contributed by atoms with Gasteiger partial charge in [0.05, 0.1) is 37.5 Å². The number of rotatable bonds is 7. The summed E-state index contributed by atoms with van der Waals surface area (Å²) in [4.78, 5) is 25.5. The molecule has 0 bridgehead atoms. The second-order valence-corrected chi connectivity index (χ2v) is 5.59. The molecule has 2 aliphatic rings. The van der Waals surface area contributed by atoms with Crippen LogP contribution in [-0.2, 0) is 14.2 Å². The van der Waals surface area contributed by atoms with E-state index < -0.39 is 0 Å². The Labute approximate surface area is 135 Å². The van der Waals surface area contributed by atoms with Crippen LogP contribution in [-0.4, -0.2) is 56.0 Å². The van der Waals surface area contributed by atoms with Gasteiger partial charge in [-0.2, -0.15) is 0 Å². The van der Waals surface area contributed by atoms with Gasteiger partial charge in [0.1, 0.15) is 0 Å². The zero-order valence-electron chi connectivity index (χ0n) is 13.0. The van der Waals surface area contributed by atoms with Gasteiger partial charge in [-0.1, -0.05) is 12.1 Å². The number of hydrogen-bond donors (Lipinski definition) is 0. The Morgan fingerprint density at radius 3 is 2.43 bits per heavy atom. The molecule has 0 spiro atoms. The summed E-state index contributed by atoms with van der Waals surface area (Å²) < 4.78 is 16.5. The summed E-state index contributed by atoms with van der Waals surface area (Å²) in [5.74, 6) is -0.498. The highest BCUT2D eigenvalue weighted by Crippen LogP contribution is 2.21. The molecule has 1 aromatic carbocycles. The monoisotopic (exact) mass is 319 g/mol. The van der Waals surface area contributed by atoms with Crippen molar-refractivity contribution in [1.29, 1.82) is 0 Å². The van der Waals surface area contributed by atoms with Gasteiger partial charge in [0.25, 0.3) is 11.8 Å². The molecule has 124 valence electrons. The van der Waals surface area contributed by atoms with Crippen molar-refractivity contribution in [2.24, 2.45) is 0 Å². The summed E-state index contributed by atoms with van der Waals surface area (Å²) >= 11 is 0. The van der Waals surface area contributed by atoms with Crippen molar-refractivity contribution >= 4 is 11.8 Å². The van der Waals surface area contributed by atoms with Gasteiger partial charge in [0.2, 0.25) is 0 Å². The first-order valence-electron chi connectivity index (χ1n) is 8.03. The summed E-state index contributed by atoms with van der Waals surface area (Å²) in [6.45, 7) is 2.19. The molecule has 2 amide bonds. The minimum Gasteiger partial charge on any atom is -0.377 e. The lowest BCUT2D eigenvalue weighted by molar-refractivity contribution is -0.169. The highest BCUT2D eigenvalue weighted by atomic mass is 16.7. The molecule has 0 N–H and O–H groups in total. The fourth-order valence-corrected chi connectivity index (χ4v) is 2.78. The molecule has 6 heteroatoms. The number of nitrogens with zero attached hydrogens (tertiary/aromatic N) is 1. The number of amides is 2. The van der Waals surface area contributed by atoms with Crippen molar-refractivity contribution in [2.45, 2.75) is 25.6 Å². The van der Waals surface area contributed by atoms with Gasteiger partial charge in [-0.3, -0.25) is 14.5 Å². The van der Waals surface area contributed by atoms with E-state index in [-0.39, 0.29) is 24.6 Å². The van der Waals surface area contributed by atoms with Gasteiger partial charge in [-0.15, -0.1) is 0 Å². The molecule has 0 saturated carbocycles. The average molecular weight is 319 g/mol.